The van der Waals surface area contributed by atoms with Gasteiger partial charge in [-0.25, -0.2) is 4.79 Å². The monoisotopic (exact) mass is 542 g/mol. The minimum atomic E-state index is -1.87. The van der Waals surface area contributed by atoms with Crippen LogP contribution in [0.4, 0.5) is 0 Å². The maximum Gasteiger partial charge on any atom is 0.334 e. The number of carbonyl (C=O) groups is 1. The number of esters is 1. The number of allylic oxidation sites excluding steroid dienone is 2. The fourth-order valence-electron chi connectivity index (χ4n) is 4.98. The molecule has 9 atom stereocenters. The lowest BCUT2D eigenvalue weighted by atomic mass is 9.94. The fraction of sp³-hybridized carbons (Fsp3) is 0.731. The Labute approximate surface area is 220 Å². The molecule has 6 N–H and O–H groups in total. The zero-order valence-corrected chi connectivity index (χ0v) is 21.6. The van der Waals surface area contributed by atoms with Crippen molar-refractivity contribution in [3.63, 3.8) is 0 Å². The van der Waals surface area contributed by atoms with E-state index >= 15 is 0 Å². The van der Waals surface area contributed by atoms with Crippen molar-refractivity contribution in [3.05, 3.63) is 34.4 Å². The van der Waals surface area contributed by atoms with E-state index < -0.39 is 55.3 Å². The van der Waals surface area contributed by atoms with Crippen molar-refractivity contribution in [3.8, 4) is 0 Å². The number of hydrogen-bond donors (Lipinski definition) is 6. The van der Waals surface area contributed by atoms with Crippen molar-refractivity contribution < 1.29 is 59.1 Å². The summed E-state index contributed by atoms with van der Waals surface area (Å²) >= 11 is 0. The maximum atomic E-state index is 12.1. The lowest BCUT2D eigenvalue weighted by molar-refractivity contribution is -0.307. The minimum absolute atomic E-state index is 0.0742. The molecule has 12 heteroatoms. The van der Waals surface area contributed by atoms with Gasteiger partial charge in [0.15, 0.2) is 12.6 Å². The van der Waals surface area contributed by atoms with Gasteiger partial charge in [-0.3, -0.25) is 0 Å². The summed E-state index contributed by atoms with van der Waals surface area (Å²) in [5.74, 6) is -0.306. The Balaban J connectivity index is 1.38. The van der Waals surface area contributed by atoms with Gasteiger partial charge in [-0.05, 0) is 44.3 Å². The molecule has 0 aromatic heterocycles. The van der Waals surface area contributed by atoms with Crippen LogP contribution < -0.4 is 0 Å². The van der Waals surface area contributed by atoms with E-state index in [-0.39, 0.29) is 31.9 Å². The third kappa shape index (κ3) is 6.20. The number of ether oxygens (including phenoxy) is 5. The highest BCUT2D eigenvalue weighted by Gasteiger charge is 2.50. The first-order valence-electron chi connectivity index (χ1n) is 12.8. The molecular weight excluding hydrogens is 504 g/mol. The fourth-order valence-corrected chi connectivity index (χ4v) is 4.98. The van der Waals surface area contributed by atoms with Gasteiger partial charge in [-0.15, -0.1) is 0 Å². The molecule has 9 unspecified atom stereocenters. The molecule has 0 aromatic carbocycles. The number of rotatable bonds is 7. The lowest BCUT2D eigenvalue weighted by Gasteiger charge is -2.40. The normalized spacial score (nSPS) is 43.2. The van der Waals surface area contributed by atoms with Crippen LogP contribution >= 0.6 is 0 Å². The summed E-state index contributed by atoms with van der Waals surface area (Å²) in [4.78, 5) is 12.1. The highest BCUT2D eigenvalue weighted by Crippen LogP contribution is 2.32. The summed E-state index contributed by atoms with van der Waals surface area (Å²) in [6.45, 7) is 2.39. The van der Waals surface area contributed by atoms with E-state index in [0.717, 1.165) is 23.1 Å². The Bertz CT molecular complexity index is 960. The first-order chi connectivity index (χ1) is 18.0. The van der Waals surface area contributed by atoms with Crippen molar-refractivity contribution in [1.82, 2.24) is 0 Å². The van der Waals surface area contributed by atoms with Crippen LogP contribution in [0.2, 0.25) is 0 Å². The predicted molar refractivity (Wildman–Crippen MR) is 129 cm³/mol. The van der Waals surface area contributed by atoms with Gasteiger partial charge in [-0.2, -0.15) is 0 Å². The molecule has 0 bridgehead atoms. The standard InChI is InChI=1S/C26H38O12/c1-13-4-3-5-15(6-7-16-14(2)23(32)37-17(16)8-13)9-34-24-21(30)20(29)19(28)18(38-24)10-35-25-22(31)26(33,11-27)12-36-25/h4,6,17-22,24-25,27-31,33H,3,5,7-12H2,1-2H3/b13-4-,15-6+. The largest absolute Gasteiger partial charge is 0.454 e. The van der Waals surface area contributed by atoms with Crippen LogP contribution in [0.3, 0.4) is 0 Å². The second kappa shape index (κ2) is 12.2. The van der Waals surface area contributed by atoms with E-state index in [1.165, 1.54) is 0 Å². The summed E-state index contributed by atoms with van der Waals surface area (Å²) in [6.07, 6.45) is -3.52. The molecule has 3 heterocycles. The molecule has 214 valence electrons. The molecule has 12 nitrogen and oxygen atoms in total. The van der Waals surface area contributed by atoms with E-state index in [1.54, 1.807) is 6.92 Å². The molecule has 4 aliphatic rings. The summed E-state index contributed by atoms with van der Waals surface area (Å²) in [6, 6.07) is 0. The Kier molecular flexibility index (Phi) is 9.41. The highest BCUT2D eigenvalue weighted by molar-refractivity contribution is 5.91. The second-order valence-corrected chi connectivity index (χ2v) is 10.4. The molecule has 3 aliphatic heterocycles. The van der Waals surface area contributed by atoms with E-state index in [1.807, 2.05) is 13.0 Å². The molecular formula is C26H38O12. The lowest BCUT2D eigenvalue weighted by Crippen LogP contribution is -2.59. The zero-order valence-electron chi connectivity index (χ0n) is 21.6. The summed E-state index contributed by atoms with van der Waals surface area (Å²) < 4.78 is 27.7. The van der Waals surface area contributed by atoms with E-state index in [9.17, 15) is 35.4 Å². The first kappa shape index (κ1) is 29.3. The smallest absolute Gasteiger partial charge is 0.334 e. The molecule has 0 saturated carbocycles. The topological polar surface area (TPSA) is 185 Å². The van der Waals surface area contributed by atoms with Crippen LogP contribution in [0.5, 0.6) is 0 Å². The van der Waals surface area contributed by atoms with Crippen LogP contribution in [-0.2, 0) is 28.5 Å². The molecule has 2 saturated heterocycles. The van der Waals surface area contributed by atoms with Gasteiger partial charge in [0.05, 0.1) is 26.4 Å². The van der Waals surface area contributed by atoms with Gasteiger partial charge in [-0.1, -0.05) is 17.7 Å². The summed E-state index contributed by atoms with van der Waals surface area (Å²) in [5, 5.41) is 60.7. The predicted octanol–water partition coefficient (Wildman–Crippen LogP) is -1.04. The molecule has 2 fully saturated rings. The van der Waals surface area contributed by atoms with E-state index in [2.05, 4.69) is 6.08 Å². The first-order valence-corrected chi connectivity index (χ1v) is 12.8. The van der Waals surface area contributed by atoms with E-state index in [0.29, 0.717) is 24.8 Å². The molecule has 4 rings (SSSR count). The number of carbonyl (C=O) groups excluding carboxylic acids is 1. The van der Waals surface area contributed by atoms with Crippen LogP contribution in [0, 0.1) is 0 Å². The minimum Gasteiger partial charge on any atom is -0.454 e. The molecule has 0 amide bonds. The SMILES string of the molecule is CC1=C2C/C=C(/COC3OC(COC4OCC(O)(CO)C4O)C(O)C(O)C3O)CC/C=C(/C)CC2OC1=O. The quantitative estimate of drug-likeness (QED) is 0.170. The van der Waals surface area contributed by atoms with Gasteiger partial charge in [0.1, 0.15) is 42.2 Å². The van der Waals surface area contributed by atoms with Crippen LogP contribution in [0.15, 0.2) is 34.4 Å². The average Bonchev–Trinajstić information content (AvgIpc) is 3.33. The number of fused-ring (bicyclic) bond motifs is 1. The third-order valence-corrected chi connectivity index (χ3v) is 7.61. The molecule has 0 aromatic rings. The second-order valence-electron chi connectivity index (χ2n) is 10.4. The number of aliphatic hydroxyl groups is 6. The van der Waals surface area contributed by atoms with Crippen LogP contribution in [-0.4, -0.2) is 118 Å². The van der Waals surface area contributed by atoms with Crippen LogP contribution in [0.1, 0.15) is 39.5 Å². The Morgan fingerprint density at radius 3 is 2.53 bits per heavy atom. The highest BCUT2D eigenvalue weighted by atomic mass is 16.7. The molecule has 1 aliphatic carbocycles. The summed E-state index contributed by atoms with van der Waals surface area (Å²) in [5.41, 5.74) is 1.69. The zero-order chi connectivity index (χ0) is 27.6. The third-order valence-electron chi connectivity index (χ3n) is 7.61. The Hall–Kier alpha value is -1.71. The van der Waals surface area contributed by atoms with Gasteiger partial charge in [0, 0.05) is 12.0 Å². The maximum absolute atomic E-state index is 12.1. The Morgan fingerprint density at radius 1 is 1.05 bits per heavy atom. The van der Waals surface area contributed by atoms with Gasteiger partial charge < -0.3 is 54.3 Å². The molecule has 0 radical (unpaired) electrons. The molecule has 38 heavy (non-hydrogen) atoms. The van der Waals surface area contributed by atoms with Crippen LogP contribution in [0.25, 0.3) is 0 Å². The average molecular weight is 543 g/mol. The van der Waals surface area contributed by atoms with Gasteiger partial charge in [0.2, 0.25) is 0 Å². The van der Waals surface area contributed by atoms with E-state index in [4.69, 9.17) is 23.7 Å². The van der Waals surface area contributed by atoms with Crippen molar-refractivity contribution in [1.29, 1.82) is 0 Å². The van der Waals surface area contributed by atoms with Crippen molar-refractivity contribution >= 4 is 5.97 Å². The Morgan fingerprint density at radius 2 is 1.82 bits per heavy atom. The van der Waals surface area contributed by atoms with Crippen molar-refractivity contribution in [2.45, 2.75) is 94.3 Å². The van der Waals surface area contributed by atoms with Crippen molar-refractivity contribution in [2.75, 3.05) is 26.4 Å². The number of hydrogen-bond acceptors (Lipinski definition) is 12. The van der Waals surface area contributed by atoms with Gasteiger partial charge >= 0.3 is 5.97 Å². The van der Waals surface area contributed by atoms with Crippen molar-refractivity contribution in [2.24, 2.45) is 0 Å². The summed E-state index contributed by atoms with van der Waals surface area (Å²) in [7, 11) is 0. The van der Waals surface area contributed by atoms with Gasteiger partial charge in [0.25, 0.3) is 0 Å². The molecule has 0 spiro atoms. The number of aliphatic hydroxyl groups excluding tert-OH is 5.